The van der Waals surface area contributed by atoms with Gasteiger partial charge in [-0.25, -0.2) is 15.0 Å². The van der Waals surface area contributed by atoms with Gasteiger partial charge in [-0.1, -0.05) is 6.07 Å². The van der Waals surface area contributed by atoms with Gasteiger partial charge in [0.25, 0.3) is 0 Å². The number of amides is 1. The van der Waals surface area contributed by atoms with E-state index in [0.29, 0.717) is 24.7 Å². The number of likely N-dealkylation sites (tertiary alicyclic amines) is 1. The Balaban J connectivity index is 1.43. The Morgan fingerprint density at radius 3 is 2.93 bits per heavy atom. The third-order valence-electron chi connectivity index (χ3n) is 4.84. The first-order valence-electron chi connectivity index (χ1n) is 9.56. The van der Waals surface area contributed by atoms with Gasteiger partial charge in [0.2, 0.25) is 5.91 Å². The fraction of sp³-hybridized carbons (Fsp3) is 0.286. The minimum atomic E-state index is 0.00830. The van der Waals surface area contributed by atoms with E-state index in [2.05, 4.69) is 25.4 Å². The summed E-state index contributed by atoms with van der Waals surface area (Å²) in [6, 6.07) is 7.63. The van der Waals surface area contributed by atoms with E-state index in [1.165, 1.54) is 0 Å². The molecule has 8 nitrogen and oxygen atoms in total. The molecule has 3 aromatic rings. The molecule has 4 rings (SSSR count). The minimum Gasteiger partial charge on any atom is -0.338 e. The lowest BCUT2D eigenvalue weighted by Gasteiger charge is -2.15. The van der Waals surface area contributed by atoms with Gasteiger partial charge >= 0.3 is 0 Å². The van der Waals surface area contributed by atoms with E-state index in [0.717, 1.165) is 23.5 Å². The second-order valence-corrected chi connectivity index (χ2v) is 7.12. The molecule has 148 valence electrons. The first-order valence-corrected chi connectivity index (χ1v) is 9.56. The van der Waals surface area contributed by atoms with Crippen molar-refractivity contribution in [3.8, 4) is 0 Å². The molecule has 1 amide bonds. The predicted octanol–water partition coefficient (Wildman–Crippen LogP) is 2.69. The number of carbonyl (C=O) groups excluding carboxylic acids is 1. The van der Waals surface area contributed by atoms with Crippen LogP contribution in [0.4, 0.5) is 11.6 Å². The van der Waals surface area contributed by atoms with Crippen LogP contribution in [0.15, 0.2) is 48.9 Å². The first-order chi connectivity index (χ1) is 14.1. The molecule has 4 heterocycles. The van der Waals surface area contributed by atoms with Crippen molar-refractivity contribution in [2.75, 3.05) is 18.4 Å². The van der Waals surface area contributed by atoms with E-state index < -0.39 is 0 Å². The zero-order valence-corrected chi connectivity index (χ0v) is 16.5. The van der Waals surface area contributed by atoms with E-state index in [-0.39, 0.29) is 11.8 Å². The summed E-state index contributed by atoms with van der Waals surface area (Å²) in [7, 11) is 1.85. The van der Waals surface area contributed by atoms with Crippen molar-refractivity contribution in [2.45, 2.75) is 19.3 Å². The van der Waals surface area contributed by atoms with Gasteiger partial charge in [-0.05, 0) is 31.6 Å². The number of rotatable bonds is 5. The first kappa shape index (κ1) is 18.8. The van der Waals surface area contributed by atoms with Crippen LogP contribution in [0.5, 0.6) is 0 Å². The second kappa shape index (κ2) is 8.22. The van der Waals surface area contributed by atoms with Crippen molar-refractivity contribution in [3.05, 3.63) is 66.0 Å². The highest BCUT2D eigenvalue weighted by Crippen LogP contribution is 2.28. The van der Waals surface area contributed by atoms with Crippen molar-refractivity contribution in [3.63, 3.8) is 0 Å². The topological polar surface area (TPSA) is 88.8 Å². The van der Waals surface area contributed by atoms with Crippen LogP contribution in [0.1, 0.15) is 29.4 Å². The van der Waals surface area contributed by atoms with Gasteiger partial charge in [0.05, 0.1) is 11.9 Å². The number of hydrogen-bond acceptors (Lipinski definition) is 6. The van der Waals surface area contributed by atoms with Crippen LogP contribution < -0.4 is 5.32 Å². The molecule has 0 unspecified atom stereocenters. The maximum Gasteiger partial charge on any atom is 0.246 e. The molecule has 0 saturated carbocycles. The monoisotopic (exact) mass is 389 g/mol. The maximum atomic E-state index is 12.5. The lowest BCUT2D eigenvalue weighted by molar-refractivity contribution is -0.124. The molecule has 0 spiro atoms. The third kappa shape index (κ3) is 4.66. The summed E-state index contributed by atoms with van der Waals surface area (Å²) in [6.07, 6.45) is 9.63. The van der Waals surface area contributed by atoms with Gasteiger partial charge in [-0.15, -0.1) is 0 Å². The Bertz CT molecular complexity index is 1030. The van der Waals surface area contributed by atoms with Crippen LogP contribution >= 0.6 is 0 Å². The van der Waals surface area contributed by atoms with E-state index in [1.807, 2.05) is 49.3 Å². The summed E-state index contributed by atoms with van der Waals surface area (Å²) in [5.41, 5.74) is 1.86. The lowest BCUT2D eigenvalue weighted by atomic mass is 10.0. The Labute approximate surface area is 169 Å². The largest absolute Gasteiger partial charge is 0.338 e. The second-order valence-electron chi connectivity index (χ2n) is 7.12. The molecule has 8 heteroatoms. The van der Waals surface area contributed by atoms with Crippen LogP contribution in [0, 0.1) is 6.92 Å². The molecular weight excluding hydrogens is 366 g/mol. The van der Waals surface area contributed by atoms with Crippen LogP contribution in [-0.4, -0.2) is 48.6 Å². The Hall–Kier alpha value is -3.55. The average molecular weight is 389 g/mol. The minimum absolute atomic E-state index is 0.00830. The molecule has 29 heavy (non-hydrogen) atoms. The molecule has 0 bridgehead atoms. The normalized spacial score (nSPS) is 16.5. The number of hydrogen-bond donors (Lipinski definition) is 1. The molecule has 1 fully saturated rings. The highest BCUT2D eigenvalue weighted by Gasteiger charge is 2.27. The van der Waals surface area contributed by atoms with Crippen molar-refractivity contribution in [1.29, 1.82) is 0 Å². The zero-order valence-electron chi connectivity index (χ0n) is 16.5. The molecule has 1 atom stereocenters. The standard InChI is InChI=1S/C21H23N7O/c1-15-24-18(11-20(25-15)26-19-5-3-4-9-22-19)17-8-10-28(14-17)21(29)7-6-16-12-23-27(2)13-16/h3-7,9,11-13,17H,8,10,14H2,1-2H3,(H,22,24,25,26)/b7-6+/t17-/m1/s1. The van der Waals surface area contributed by atoms with Crippen LogP contribution in [0.25, 0.3) is 6.08 Å². The summed E-state index contributed by atoms with van der Waals surface area (Å²) < 4.78 is 1.71. The number of nitrogens with zero attached hydrogens (tertiary/aromatic N) is 6. The smallest absolute Gasteiger partial charge is 0.246 e. The molecule has 1 saturated heterocycles. The zero-order chi connectivity index (χ0) is 20.2. The molecule has 3 aromatic heterocycles. The van der Waals surface area contributed by atoms with Crippen LogP contribution in [-0.2, 0) is 11.8 Å². The lowest BCUT2D eigenvalue weighted by Crippen LogP contribution is -2.26. The van der Waals surface area contributed by atoms with Crippen molar-refractivity contribution in [1.82, 2.24) is 29.6 Å². The predicted molar refractivity (Wildman–Crippen MR) is 110 cm³/mol. The van der Waals surface area contributed by atoms with Crippen molar-refractivity contribution in [2.24, 2.45) is 7.05 Å². The highest BCUT2D eigenvalue weighted by atomic mass is 16.2. The summed E-state index contributed by atoms with van der Waals surface area (Å²) in [6.45, 7) is 3.24. The molecule has 0 radical (unpaired) electrons. The molecule has 0 aliphatic carbocycles. The number of carbonyl (C=O) groups is 1. The third-order valence-corrected chi connectivity index (χ3v) is 4.84. The summed E-state index contributed by atoms with van der Waals surface area (Å²) in [4.78, 5) is 27.7. The van der Waals surface area contributed by atoms with Gasteiger partial charge in [0, 0.05) is 56.2 Å². The molecular formula is C21H23N7O. The number of aromatic nitrogens is 5. The maximum absolute atomic E-state index is 12.5. The van der Waals surface area contributed by atoms with E-state index >= 15 is 0 Å². The Morgan fingerprint density at radius 2 is 2.17 bits per heavy atom. The van der Waals surface area contributed by atoms with E-state index in [1.54, 1.807) is 29.2 Å². The Kier molecular flexibility index (Phi) is 5.33. The Morgan fingerprint density at radius 1 is 1.28 bits per heavy atom. The molecule has 0 aromatic carbocycles. The number of anilines is 2. The van der Waals surface area contributed by atoms with Gasteiger partial charge in [-0.3, -0.25) is 9.48 Å². The quantitative estimate of drug-likeness (QED) is 0.675. The summed E-state index contributed by atoms with van der Waals surface area (Å²) >= 11 is 0. The average Bonchev–Trinajstić information content (AvgIpc) is 3.36. The van der Waals surface area contributed by atoms with Crippen LogP contribution in [0.3, 0.4) is 0 Å². The summed E-state index contributed by atoms with van der Waals surface area (Å²) in [5.74, 6) is 2.35. The van der Waals surface area contributed by atoms with Crippen molar-refractivity contribution < 1.29 is 4.79 Å². The molecule has 1 N–H and O–H groups in total. The van der Waals surface area contributed by atoms with Gasteiger partial charge in [-0.2, -0.15) is 5.10 Å². The number of aryl methyl sites for hydroxylation is 2. The van der Waals surface area contributed by atoms with E-state index in [9.17, 15) is 4.79 Å². The molecule has 1 aliphatic rings. The van der Waals surface area contributed by atoms with Crippen molar-refractivity contribution >= 4 is 23.6 Å². The van der Waals surface area contributed by atoms with E-state index in [4.69, 9.17) is 0 Å². The SMILES string of the molecule is Cc1nc(Nc2ccccn2)cc([C@@H]2CCN(C(=O)/C=C/c3cnn(C)c3)C2)n1. The fourth-order valence-corrected chi connectivity index (χ4v) is 3.43. The number of pyridine rings is 1. The van der Waals surface area contributed by atoms with Gasteiger partial charge < -0.3 is 10.2 Å². The fourth-order valence-electron chi connectivity index (χ4n) is 3.43. The number of nitrogens with one attached hydrogen (secondary N) is 1. The summed E-state index contributed by atoms with van der Waals surface area (Å²) in [5, 5.41) is 7.33. The van der Waals surface area contributed by atoms with Gasteiger partial charge in [0.15, 0.2) is 0 Å². The molecule has 1 aliphatic heterocycles. The van der Waals surface area contributed by atoms with Gasteiger partial charge in [0.1, 0.15) is 17.5 Å². The highest BCUT2D eigenvalue weighted by molar-refractivity contribution is 5.91. The van der Waals surface area contributed by atoms with Crippen LogP contribution in [0.2, 0.25) is 0 Å².